The normalized spacial score (nSPS) is 11.2. The van der Waals surface area contributed by atoms with E-state index in [0.29, 0.717) is 18.0 Å². The summed E-state index contributed by atoms with van der Waals surface area (Å²) >= 11 is 0. The minimum Gasteiger partial charge on any atom is -0.484 e. The van der Waals surface area contributed by atoms with Crippen molar-refractivity contribution in [3.05, 3.63) is 78.6 Å². The average molecular weight is 461 g/mol. The minimum absolute atomic E-state index is 0.132. The number of carbonyl (C=O) groups is 1. The van der Waals surface area contributed by atoms with Crippen molar-refractivity contribution in [3.8, 4) is 5.75 Å². The highest BCUT2D eigenvalue weighted by molar-refractivity contribution is 7.92. The summed E-state index contributed by atoms with van der Waals surface area (Å²) in [5, 5.41) is 2.78. The van der Waals surface area contributed by atoms with Crippen molar-refractivity contribution in [2.45, 2.75) is 19.5 Å². The molecule has 0 unspecified atom stereocenters. The fraction of sp³-hybridized carbons (Fsp3) is 0.273. The monoisotopic (exact) mass is 460 g/mol. The molecule has 0 saturated carbocycles. The van der Waals surface area contributed by atoms with Gasteiger partial charge in [0.2, 0.25) is 10.0 Å². The van der Waals surface area contributed by atoms with Crippen molar-refractivity contribution in [1.82, 2.24) is 14.9 Å². The molecule has 0 aliphatic heterocycles. The van der Waals surface area contributed by atoms with Gasteiger partial charge in [-0.2, -0.15) is 0 Å². The summed E-state index contributed by atoms with van der Waals surface area (Å²) in [5.41, 5.74) is 0.634. The lowest BCUT2D eigenvalue weighted by Crippen LogP contribution is -2.30. The molecule has 170 valence electrons. The van der Waals surface area contributed by atoms with Crippen LogP contribution in [0.25, 0.3) is 0 Å². The maximum Gasteiger partial charge on any atom is 0.257 e. The fourth-order valence-corrected chi connectivity index (χ4v) is 3.88. The molecule has 1 amide bonds. The number of carbonyl (C=O) groups excluding carboxylic acids is 1. The summed E-state index contributed by atoms with van der Waals surface area (Å²) in [7, 11) is -3.64. The van der Waals surface area contributed by atoms with Crippen molar-refractivity contribution in [2.75, 3.05) is 23.7 Å². The summed E-state index contributed by atoms with van der Waals surface area (Å²) in [6, 6.07) is 12.3. The van der Waals surface area contributed by atoms with Crippen LogP contribution >= 0.6 is 0 Å². The lowest BCUT2D eigenvalue weighted by Gasteiger charge is -2.23. The van der Waals surface area contributed by atoms with E-state index in [1.165, 1.54) is 6.07 Å². The van der Waals surface area contributed by atoms with Gasteiger partial charge in [-0.15, -0.1) is 0 Å². The lowest BCUT2D eigenvalue weighted by atomic mass is 10.2. The Morgan fingerprint density at radius 3 is 2.59 bits per heavy atom. The first-order valence-corrected chi connectivity index (χ1v) is 11.8. The van der Waals surface area contributed by atoms with E-state index < -0.39 is 15.8 Å². The molecule has 1 aromatic heterocycles. The number of ether oxygens (including phenoxy) is 1. The molecule has 10 heteroatoms. The van der Waals surface area contributed by atoms with E-state index in [1.807, 2.05) is 10.8 Å². The second kappa shape index (κ2) is 10.8. The van der Waals surface area contributed by atoms with Crippen LogP contribution in [-0.2, 0) is 27.9 Å². The average Bonchev–Trinajstić information content (AvgIpc) is 3.28. The van der Waals surface area contributed by atoms with Gasteiger partial charge in [0.25, 0.3) is 5.91 Å². The van der Waals surface area contributed by atoms with Crippen LogP contribution in [0.1, 0.15) is 12.0 Å². The Kier molecular flexibility index (Phi) is 7.82. The van der Waals surface area contributed by atoms with Gasteiger partial charge in [0.05, 0.1) is 24.8 Å². The van der Waals surface area contributed by atoms with Gasteiger partial charge in [0, 0.05) is 31.0 Å². The topological polar surface area (TPSA) is 93.5 Å². The molecule has 0 bridgehead atoms. The lowest BCUT2D eigenvalue weighted by molar-refractivity contribution is -0.123. The Morgan fingerprint density at radius 1 is 1.19 bits per heavy atom. The number of benzene rings is 2. The summed E-state index contributed by atoms with van der Waals surface area (Å²) in [4.78, 5) is 15.9. The Hall–Kier alpha value is -3.40. The van der Waals surface area contributed by atoms with Gasteiger partial charge in [-0.3, -0.25) is 9.10 Å². The second-order valence-corrected chi connectivity index (χ2v) is 9.05. The third-order valence-corrected chi connectivity index (χ3v) is 5.78. The second-order valence-electron chi connectivity index (χ2n) is 7.15. The van der Waals surface area contributed by atoms with E-state index in [4.69, 9.17) is 4.74 Å². The molecular weight excluding hydrogens is 435 g/mol. The van der Waals surface area contributed by atoms with Gasteiger partial charge < -0.3 is 14.6 Å². The zero-order valence-electron chi connectivity index (χ0n) is 17.6. The molecule has 3 rings (SSSR count). The predicted molar refractivity (Wildman–Crippen MR) is 119 cm³/mol. The highest BCUT2D eigenvalue weighted by atomic mass is 32.2. The SMILES string of the molecule is CS(=O)(=O)N(Cc1ccccc1F)c1ccc(OCC(=O)NCCCn2ccnc2)cc1. The van der Waals surface area contributed by atoms with Crippen LogP contribution in [-0.4, -0.2) is 43.3 Å². The van der Waals surface area contributed by atoms with Crippen LogP contribution < -0.4 is 14.4 Å². The van der Waals surface area contributed by atoms with Crippen LogP contribution in [0.2, 0.25) is 0 Å². The summed E-state index contributed by atoms with van der Waals surface area (Å²) < 4.78 is 47.0. The number of rotatable bonds is 11. The van der Waals surface area contributed by atoms with E-state index in [1.54, 1.807) is 55.0 Å². The van der Waals surface area contributed by atoms with Gasteiger partial charge in [-0.1, -0.05) is 18.2 Å². The minimum atomic E-state index is -3.64. The van der Waals surface area contributed by atoms with Crippen LogP contribution in [0.15, 0.2) is 67.3 Å². The Balaban J connectivity index is 1.52. The molecule has 0 spiro atoms. The third-order valence-electron chi connectivity index (χ3n) is 4.64. The number of hydrogen-bond acceptors (Lipinski definition) is 5. The molecule has 8 nitrogen and oxygen atoms in total. The zero-order valence-corrected chi connectivity index (χ0v) is 18.5. The third kappa shape index (κ3) is 6.81. The molecular formula is C22H25FN4O4S. The van der Waals surface area contributed by atoms with Gasteiger partial charge in [0.15, 0.2) is 6.61 Å². The maximum absolute atomic E-state index is 14.0. The van der Waals surface area contributed by atoms with Crippen molar-refractivity contribution in [3.63, 3.8) is 0 Å². The number of nitrogens with zero attached hydrogens (tertiary/aromatic N) is 3. The molecule has 3 aromatic rings. The summed E-state index contributed by atoms with van der Waals surface area (Å²) in [6.07, 6.45) is 7.11. The van der Waals surface area contributed by atoms with Crippen LogP contribution in [0.3, 0.4) is 0 Å². The Morgan fingerprint density at radius 2 is 1.94 bits per heavy atom. The number of amides is 1. The molecule has 0 saturated heterocycles. The van der Waals surface area contributed by atoms with E-state index in [-0.39, 0.29) is 24.6 Å². The summed E-state index contributed by atoms with van der Waals surface area (Å²) in [6.45, 7) is 0.980. The largest absolute Gasteiger partial charge is 0.484 e. The number of hydrogen-bond donors (Lipinski definition) is 1. The number of aromatic nitrogens is 2. The predicted octanol–water partition coefficient (Wildman–Crippen LogP) is 2.57. The number of sulfonamides is 1. The van der Waals surface area contributed by atoms with Crippen molar-refractivity contribution in [2.24, 2.45) is 0 Å². The first-order valence-electron chi connectivity index (χ1n) is 9.99. The molecule has 0 atom stereocenters. The zero-order chi connectivity index (χ0) is 23.0. The van der Waals surface area contributed by atoms with Crippen molar-refractivity contribution >= 4 is 21.6 Å². The molecule has 0 aliphatic rings. The molecule has 2 aromatic carbocycles. The quantitative estimate of drug-likeness (QED) is 0.444. The Labute approximate surface area is 186 Å². The molecule has 1 N–H and O–H groups in total. The fourth-order valence-electron chi connectivity index (χ4n) is 3.00. The first-order chi connectivity index (χ1) is 15.3. The van der Waals surface area contributed by atoms with Crippen LogP contribution in [0.5, 0.6) is 5.75 Å². The first kappa shape index (κ1) is 23.3. The van der Waals surface area contributed by atoms with E-state index in [2.05, 4.69) is 10.3 Å². The summed E-state index contributed by atoms with van der Waals surface area (Å²) in [5.74, 6) is -0.309. The number of nitrogens with one attached hydrogen (secondary N) is 1. The molecule has 32 heavy (non-hydrogen) atoms. The van der Waals surface area contributed by atoms with E-state index in [9.17, 15) is 17.6 Å². The standard InChI is InChI=1S/C22H25FN4O4S/c1-32(29,30)27(15-18-5-2-3-6-21(18)23)19-7-9-20(10-8-19)31-16-22(28)25-11-4-13-26-14-12-24-17-26/h2-3,5-10,12,14,17H,4,11,13,15-16H2,1H3,(H,25,28). The van der Waals surface area contributed by atoms with E-state index >= 15 is 0 Å². The maximum atomic E-state index is 14.0. The Bertz CT molecular complexity index is 1120. The molecule has 0 aliphatic carbocycles. The number of aryl methyl sites for hydroxylation is 1. The van der Waals surface area contributed by atoms with Crippen molar-refractivity contribution in [1.29, 1.82) is 0 Å². The van der Waals surface area contributed by atoms with Gasteiger partial charge in [0.1, 0.15) is 11.6 Å². The van der Waals surface area contributed by atoms with Gasteiger partial charge in [-0.05, 0) is 36.8 Å². The molecule has 0 fully saturated rings. The number of anilines is 1. The van der Waals surface area contributed by atoms with Crippen LogP contribution in [0, 0.1) is 5.82 Å². The highest BCUT2D eigenvalue weighted by Crippen LogP contribution is 2.24. The van der Waals surface area contributed by atoms with Crippen molar-refractivity contribution < 1.29 is 22.3 Å². The van der Waals surface area contributed by atoms with Gasteiger partial charge >= 0.3 is 0 Å². The molecule has 1 heterocycles. The van der Waals surface area contributed by atoms with Crippen LogP contribution in [0.4, 0.5) is 10.1 Å². The van der Waals surface area contributed by atoms with Gasteiger partial charge in [-0.25, -0.2) is 17.8 Å². The molecule has 0 radical (unpaired) electrons. The number of imidazole rings is 1. The highest BCUT2D eigenvalue weighted by Gasteiger charge is 2.19. The number of halogens is 1. The van der Waals surface area contributed by atoms with E-state index in [0.717, 1.165) is 23.5 Å². The smallest absolute Gasteiger partial charge is 0.257 e.